The topological polar surface area (TPSA) is 46.0 Å². The largest absolute Gasteiger partial charge is 0.507 e. The second-order valence-electron chi connectivity index (χ2n) is 4.25. The molecule has 0 atom stereocenters. The molecule has 3 heteroatoms. The standard InChI is InChI=1S/C15H12N2O/c1-10-5-4-8-13(15(10)18)14-12-7-3-2-6-11(12)9-16-17-14/h2-9,18H,1H3. The van der Waals surface area contributed by atoms with Crippen molar-refractivity contribution in [2.45, 2.75) is 6.92 Å². The normalized spacial score (nSPS) is 10.7. The van der Waals surface area contributed by atoms with E-state index in [0.29, 0.717) is 5.69 Å². The molecule has 0 aliphatic carbocycles. The first-order chi connectivity index (χ1) is 8.77. The predicted octanol–water partition coefficient (Wildman–Crippen LogP) is 3.31. The van der Waals surface area contributed by atoms with Crippen LogP contribution in [0, 0.1) is 6.92 Å². The van der Waals surface area contributed by atoms with E-state index in [9.17, 15) is 5.11 Å². The first-order valence-corrected chi connectivity index (χ1v) is 5.77. The molecule has 3 rings (SSSR count). The average Bonchev–Trinajstić information content (AvgIpc) is 2.41. The molecule has 0 saturated heterocycles. The zero-order chi connectivity index (χ0) is 12.5. The highest BCUT2D eigenvalue weighted by Crippen LogP contribution is 2.33. The lowest BCUT2D eigenvalue weighted by Crippen LogP contribution is -1.90. The van der Waals surface area contributed by atoms with Gasteiger partial charge >= 0.3 is 0 Å². The number of rotatable bonds is 1. The maximum absolute atomic E-state index is 10.1. The predicted molar refractivity (Wildman–Crippen MR) is 71.4 cm³/mol. The molecule has 2 aromatic carbocycles. The minimum atomic E-state index is 0.267. The van der Waals surface area contributed by atoms with Gasteiger partial charge in [-0.2, -0.15) is 5.10 Å². The van der Waals surface area contributed by atoms with Gasteiger partial charge in [0, 0.05) is 16.3 Å². The van der Waals surface area contributed by atoms with Gasteiger partial charge in [0.2, 0.25) is 0 Å². The lowest BCUT2D eigenvalue weighted by molar-refractivity contribution is 0.473. The van der Waals surface area contributed by atoms with Gasteiger partial charge in [-0.15, -0.1) is 5.10 Å². The number of aromatic nitrogens is 2. The van der Waals surface area contributed by atoms with E-state index in [1.807, 2.05) is 49.4 Å². The molecule has 88 valence electrons. The van der Waals surface area contributed by atoms with Crippen LogP contribution in [0.1, 0.15) is 5.56 Å². The van der Waals surface area contributed by atoms with E-state index in [2.05, 4.69) is 10.2 Å². The van der Waals surface area contributed by atoms with Crippen LogP contribution in [0.15, 0.2) is 48.7 Å². The summed E-state index contributed by atoms with van der Waals surface area (Å²) in [6.07, 6.45) is 1.73. The van der Waals surface area contributed by atoms with Gasteiger partial charge in [-0.05, 0) is 18.6 Å². The minimum Gasteiger partial charge on any atom is -0.507 e. The van der Waals surface area contributed by atoms with E-state index in [1.54, 1.807) is 6.20 Å². The molecule has 0 spiro atoms. The van der Waals surface area contributed by atoms with Crippen LogP contribution < -0.4 is 0 Å². The van der Waals surface area contributed by atoms with Crippen LogP contribution in [-0.4, -0.2) is 15.3 Å². The summed E-state index contributed by atoms with van der Waals surface area (Å²) in [4.78, 5) is 0. The van der Waals surface area contributed by atoms with Crippen LogP contribution in [0.2, 0.25) is 0 Å². The van der Waals surface area contributed by atoms with Gasteiger partial charge in [0.15, 0.2) is 0 Å². The summed E-state index contributed by atoms with van der Waals surface area (Å²) in [5, 5.41) is 20.3. The second-order valence-corrected chi connectivity index (χ2v) is 4.25. The van der Waals surface area contributed by atoms with E-state index < -0.39 is 0 Å². The summed E-state index contributed by atoms with van der Waals surface area (Å²) < 4.78 is 0. The molecule has 0 aliphatic heterocycles. The van der Waals surface area contributed by atoms with Crippen molar-refractivity contribution in [2.24, 2.45) is 0 Å². The van der Waals surface area contributed by atoms with Crippen LogP contribution in [0.25, 0.3) is 22.0 Å². The van der Waals surface area contributed by atoms with Gasteiger partial charge in [-0.1, -0.05) is 36.4 Å². The molecule has 1 heterocycles. The Morgan fingerprint density at radius 1 is 1.00 bits per heavy atom. The molecule has 0 amide bonds. The summed E-state index contributed by atoms with van der Waals surface area (Å²) in [5.41, 5.74) is 2.27. The summed E-state index contributed by atoms with van der Waals surface area (Å²) in [5.74, 6) is 0.267. The highest BCUT2D eigenvalue weighted by atomic mass is 16.3. The number of nitrogens with zero attached hydrogens (tertiary/aromatic N) is 2. The lowest BCUT2D eigenvalue weighted by atomic mass is 10.0. The smallest absolute Gasteiger partial charge is 0.127 e. The lowest BCUT2D eigenvalue weighted by Gasteiger charge is -2.08. The Hall–Kier alpha value is -2.42. The zero-order valence-electron chi connectivity index (χ0n) is 9.96. The van der Waals surface area contributed by atoms with E-state index >= 15 is 0 Å². The van der Waals surface area contributed by atoms with Gasteiger partial charge in [0.25, 0.3) is 0 Å². The van der Waals surface area contributed by atoms with Crippen molar-refractivity contribution >= 4 is 10.8 Å². The van der Waals surface area contributed by atoms with Crippen molar-refractivity contribution in [1.82, 2.24) is 10.2 Å². The van der Waals surface area contributed by atoms with Gasteiger partial charge in [0.1, 0.15) is 11.4 Å². The molecule has 0 saturated carbocycles. The van der Waals surface area contributed by atoms with Gasteiger partial charge in [0.05, 0.1) is 6.20 Å². The highest BCUT2D eigenvalue weighted by molar-refractivity contribution is 5.95. The number of phenolic OH excluding ortho intramolecular Hbond substituents is 1. The number of para-hydroxylation sites is 1. The summed E-state index contributed by atoms with van der Waals surface area (Å²) in [6.45, 7) is 1.87. The fourth-order valence-corrected chi connectivity index (χ4v) is 2.08. The number of aromatic hydroxyl groups is 1. The van der Waals surface area contributed by atoms with Crippen molar-refractivity contribution < 1.29 is 5.11 Å². The quantitative estimate of drug-likeness (QED) is 0.705. The maximum Gasteiger partial charge on any atom is 0.127 e. The van der Waals surface area contributed by atoms with E-state index in [-0.39, 0.29) is 5.75 Å². The van der Waals surface area contributed by atoms with Crippen LogP contribution >= 0.6 is 0 Å². The van der Waals surface area contributed by atoms with Crippen LogP contribution in [-0.2, 0) is 0 Å². The molecule has 18 heavy (non-hydrogen) atoms. The molecule has 1 aromatic heterocycles. The van der Waals surface area contributed by atoms with Crippen LogP contribution in [0.3, 0.4) is 0 Å². The summed E-state index contributed by atoms with van der Waals surface area (Å²) in [7, 11) is 0. The molecule has 0 bridgehead atoms. The Morgan fingerprint density at radius 2 is 1.83 bits per heavy atom. The number of aryl methyl sites for hydroxylation is 1. The third-order valence-corrected chi connectivity index (χ3v) is 3.06. The van der Waals surface area contributed by atoms with Gasteiger partial charge < -0.3 is 5.11 Å². The summed E-state index contributed by atoms with van der Waals surface area (Å²) in [6, 6.07) is 13.5. The zero-order valence-corrected chi connectivity index (χ0v) is 9.96. The SMILES string of the molecule is Cc1cccc(-c2nncc3ccccc23)c1O. The monoisotopic (exact) mass is 236 g/mol. The fourth-order valence-electron chi connectivity index (χ4n) is 2.08. The second kappa shape index (κ2) is 4.11. The molecular formula is C15H12N2O. The molecule has 0 radical (unpaired) electrons. The maximum atomic E-state index is 10.1. The highest BCUT2D eigenvalue weighted by Gasteiger charge is 2.11. The van der Waals surface area contributed by atoms with E-state index in [0.717, 1.165) is 21.9 Å². The molecular weight excluding hydrogens is 224 g/mol. The van der Waals surface area contributed by atoms with Crippen molar-refractivity contribution in [1.29, 1.82) is 0 Å². The Balaban J connectivity index is 2.35. The number of phenols is 1. The Kier molecular flexibility index (Phi) is 2.45. The van der Waals surface area contributed by atoms with E-state index in [1.165, 1.54) is 0 Å². The molecule has 3 nitrogen and oxygen atoms in total. The van der Waals surface area contributed by atoms with Crippen molar-refractivity contribution in [3.63, 3.8) is 0 Å². The molecule has 0 fully saturated rings. The summed E-state index contributed by atoms with van der Waals surface area (Å²) >= 11 is 0. The van der Waals surface area contributed by atoms with Gasteiger partial charge in [-0.3, -0.25) is 0 Å². The van der Waals surface area contributed by atoms with Gasteiger partial charge in [-0.25, -0.2) is 0 Å². The van der Waals surface area contributed by atoms with Crippen molar-refractivity contribution in [3.05, 3.63) is 54.2 Å². The third kappa shape index (κ3) is 1.61. The number of fused-ring (bicyclic) bond motifs is 1. The first kappa shape index (κ1) is 10.7. The molecule has 3 aromatic rings. The Bertz CT molecular complexity index is 717. The molecule has 0 aliphatic rings. The Labute approximate surface area is 105 Å². The van der Waals surface area contributed by atoms with Crippen LogP contribution in [0.4, 0.5) is 0 Å². The van der Waals surface area contributed by atoms with E-state index in [4.69, 9.17) is 0 Å². The van der Waals surface area contributed by atoms with Crippen LogP contribution in [0.5, 0.6) is 5.75 Å². The Morgan fingerprint density at radius 3 is 2.72 bits per heavy atom. The number of benzene rings is 2. The van der Waals surface area contributed by atoms with Crippen molar-refractivity contribution in [3.8, 4) is 17.0 Å². The molecule has 0 unspecified atom stereocenters. The minimum absolute atomic E-state index is 0.267. The third-order valence-electron chi connectivity index (χ3n) is 3.06. The fraction of sp³-hybridized carbons (Fsp3) is 0.0667. The average molecular weight is 236 g/mol. The molecule has 1 N–H and O–H groups in total. The number of hydrogen-bond donors (Lipinski definition) is 1. The number of hydrogen-bond acceptors (Lipinski definition) is 3. The van der Waals surface area contributed by atoms with Crippen molar-refractivity contribution in [2.75, 3.05) is 0 Å². The first-order valence-electron chi connectivity index (χ1n) is 5.77.